The molecule has 3 rings (SSSR count). The van der Waals surface area contributed by atoms with E-state index in [4.69, 9.17) is 4.42 Å². The number of halogens is 1. The summed E-state index contributed by atoms with van der Waals surface area (Å²) in [6, 6.07) is 11.3. The lowest BCUT2D eigenvalue weighted by atomic mass is 10.1. The highest BCUT2D eigenvalue weighted by molar-refractivity contribution is 14.1. The molecular formula is C17H13IN2O2. The lowest BCUT2D eigenvalue weighted by Crippen LogP contribution is -2.21. The van der Waals surface area contributed by atoms with Crippen LogP contribution in [0.5, 0.6) is 0 Å². The fraction of sp³-hybridized carbons (Fsp3) is 0.0588. The van der Waals surface area contributed by atoms with Crippen molar-refractivity contribution in [3.8, 4) is 0 Å². The van der Waals surface area contributed by atoms with Gasteiger partial charge in [0.05, 0.1) is 23.2 Å². The molecule has 0 bridgehead atoms. The second-order valence-corrected chi connectivity index (χ2v) is 5.98. The van der Waals surface area contributed by atoms with Crippen LogP contribution in [0.3, 0.4) is 0 Å². The van der Waals surface area contributed by atoms with Crippen LogP contribution in [0.4, 0.5) is 5.69 Å². The number of amides is 1. The molecule has 0 unspecified atom stereocenters. The molecule has 0 atom stereocenters. The zero-order valence-corrected chi connectivity index (χ0v) is 14.0. The Morgan fingerprint density at radius 3 is 2.68 bits per heavy atom. The molecule has 2 heterocycles. The molecule has 0 aliphatic carbocycles. The molecule has 0 N–H and O–H groups in total. The number of furan rings is 1. The van der Waals surface area contributed by atoms with E-state index >= 15 is 0 Å². The van der Waals surface area contributed by atoms with Crippen LogP contribution >= 0.6 is 22.6 Å². The fourth-order valence-electron chi connectivity index (χ4n) is 2.09. The Balaban J connectivity index is 1.82. The first-order chi connectivity index (χ1) is 10.6. The molecule has 1 amide bonds. The SMILES string of the molecule is CC1=NN(c2ccc(I)cc2)C(=O)C1=CC=Cc1ccco1. The van der Waals surface area contributed by atoms with Crippen LogP contribution in [-0.4, -0.2) is 11.6 Å². The maximum Gasteiger partial charge on any atom is 0.280 e. The maximum atomic E-state index is 12.5. The van der Waals surface area contributed by atoms with Gasteiger partial charge >= 0.3 is 0 Å². The third kappa shape index (κ3) is 3.04. The van der Waals surface area contributed by atoms with Gasteiger partial charge in [-0.25, -0.2) is 0 Å². The zero-order chi connectivity index (χ0) is 15.5. The summed E-state index contributed by atoms with van der Waals surface area (Å²) in [6.07, 6.45) is 6.97. The number of carbonyl (C=O) groups is 1. The standard InChI is InChI=1S/C17H13IN2O2/c1-12-16(6-2-4-15-5-3-11-22-15)17(21)20(19-12)14-9-7-13(18)8-10-14/h2-11H,1H3. The molecule has 1 aromatic heterocycles. The fourth-order valence-corrected chi connectivity index (χ4v) is 2.45. The quantitative estimate of drug-likeness (QED) is 0.568. The second-order valence-electron chi connectivity index (χ2n) is 4.73. The van der Waals surface area contributed by atoms with Gasteiger partial charge in [0.25, 0.3) is 5.91 Å². The van der Waals surface area contributed by atoms with Crippen LogP contribution in [0.1, 0.15) is 12.7 Å². The van der Waals surface area contributed by atoms with Crippen molar-refractivity contribution >= 4 is 46.0 Å². The minimum atomic E-state index is -0.122. The topological polar surface area (TPSA) is 45.8 Å². The van der Waals surface area contributed by atoms with Crippen molar-refractivity contribution in [3.05, 3.63) is 69.7 Å². The van der Waals surface area contributed by atoms with E-state index in [0.29, 0.717) is 11.3 Å². The molecule has 22 heavy (non-hydrogen) atoms. The van der Waals surface area contributed by atoms with Gasteiger partial charge in [0, 0.05) is 3.57 Å². The maximum absolute atomic E-state index is 12.5. The Hall–Kier alpha value is -2.15. The normalized spacial score (nSPS) is 16.8. The monoisotopic (exact) mass is 404 g/mol. The van der Waals surface area contributed by atoms with Gasteiger partial charge in [-0.15, -0.1) is 0 Å². The van der Waals surface area contributed by atoms with Crippen molar-refractivity contribution in [3.63, 3.8) is 0 Å². The van der Waals surface area contributed by atoms with Crippen molar-refractivity contribution in [1.29, 1.82) is 0 Å². The number of hydrogen-bond donors (Lipinski definition) is 0. The van der Waals surface area contributed by atoms with Crippen molar-refractivity contribution in [1.82, 2.24) is 0 Å². The van der Waals surface area contributed by atoms with Crippen molar-refractivity contribution in [2.45, 2.75) is 6.92 Å². The summed E-state index contributed by atoms with van der Waals surface area (Å²) in [5.41, 5.74) is 2.05. The molecule has 0 spiro atoms. The van der Waals surface area contributed by atoms with Gasteiger partial charge in [0.2, 0.25) is 0 Å². The average Bonchev–Trinajstić information content (AvgIpc) is 3.11. The average molecular weight is 404 g/mol. The smallest absolute Gasteiger partial charge is 0.280 e. The molecule has 4 nitrogen and oxygen atoms in total. The van der Waals surface area contributed by atoms with Crippen molar-refractivity contribution in [2.24, 2.45) is 5.10 Å². The third-order valence-electron chi connectivity index (χ3n) is 3.20. The molecule has 5 heteroatoms. The van der Waals surface area contributed by atoms with Gasteiger partial charge in [-0.3, -0.25) is 4.79 Å². The number of hydrogen-bond acceptors (Lipinski definition) is 3. The second kappa shape index (κ2) is 6.31. The van der Waals surface area contributed by atoms with Gasteiger partial charge < -0.3 is 4.42 Å². The van der Waals surface area contributed by atoms with Crippen LogP contribution in [0, 0.1) is 3.57 Å². The number of hydrazone groups is 1. The molecule has 1 aliphatic heterocycles. The number of anilines is 1. The highest BCUT2D eigenvalue weighted by Crippen LogP contribution is 2.24. The summed E-state index contributed by atoms with van der Waals surface area (Å²) in [6.45, 7) is 1.83. The number of rotatable bonds is 3. The van der Waals surface area contributed by atoms with Crippen LogP contribution in [-0.2, 0) is 4.79 Å². The van der Waals surface area contributed by atoms with E-state index in [9.17, 15) is 4.79 Å². The van der Waals surface area contributed by atoms with E-state index in [1.165, 1.54) is 5.01 Å². The molecule has 2 aromatic rings. The van der Waals surface area contributed by atoms with Gasteiger partial charge in [-0.1, -0.05) is 6.08 Å². The molecule has 1 aromatic carbocycles. The van der Waals surface area contributed by atoms with Crippen molar-refractivity contribution < 1.29 is 9.21 Å². The predicted octanol–water partition coefficient (Wildman–Crippen LogP) is 4.25. The van der Waals surface area contributed by atoms with Gasteiger partial charge in [0.1, 0.15) is 5.76 Å². The van der Waals surface area contributed by atoms with E-state index in [-0.39, 0.29) is 5.91 Å². The summed E-state index contributed by atoms with van der Waals surface area (Å²) < 4.78 is 6.33. The number of carbonyl (C=O) groups excluding carboxylic acids is 1. The summed E-state index contributed by atoms with van der Waals surface area (Å²) in [5.74, 6) is 0.620. The first kappa shape index (κ1) is 14.8. The summed E-state index contributed by atoms with van der Waals surface area (Å²) in [5, 5.41) is 5.77. The van der Waals surface area contributed by atoms with Crippen molar-refractivity contribution in [2.75, 3.05) is 5.01 Å². The van der Waals surface area contributed by atoms with Crippen LogP contribution in [0.25, 0.3) is 6.08 Å². The highest BCUT2D eigenvalue weighted by atomic mass is 127. The van der Waals surface area contributed by atoms with Crippen LogP contribution in [0.15, 0.2) is 69.9 Å². The highest BCUT2D eigenvalue weighted by Gasteiger charge is 2.27. The molecule has 0 saturated carbocycles. The Morgan fingerprint density at radius 1 is 1.23 bits per heavy atom. The molecule has 0 fully saturated rings. The lowest BCUT2D eigenvalue weighted by Gasteiger charge is -2.11. The molecular weight excluding hydrogens is 391 g/mol. The Morgan fingerprint density at radius 2 is 2.00 bits per heavy atom. The van der Waals surface area contributed by atoms with E-state index < -0.39 is 0 Å². The third-order valence-corrected chi connectivity index (χ3v) is 3.92. The summed E-state index contributed by atoms with van der Waals surface area (Å²) in [4.78, 5) is 12.5. The van der Waals surface area contributed by atoms with E-state index in [2.05, 4.69) is 27.7 Å². The predicted molar refractivity (Wildman–Crippen MR) is 95.6 cm³/mol. The van der Waals surface area contributed by atoms with Gasteiger partial charge in [-0.05, 0) is 78.1 Å². The summed E-state index contributed by atoms with van der Waals surface area (Å²) in [7, 11) is 0. The Kier molecular flexibility index (Phi) is 4.24. The Labute approximate surface area is 142 Å². The summed E-state index contributed by atoms with van der Waals surface area (Å²) >= 11 is 2.23. The molecule has 0 radical (unpaired) electrons. The zero-order valence-electron chi connectivity index (χ0n) is 11.9. The largest absolute Gasteiger partial charge is 0.465 e. The first-order valence-corrected chi connectivity index (χ1v) is 7.80. The number of nitrogens with zero attached hydrogens (tertiary/aromatic N) is 2. The molecule has 110 valence electrons. The van der Waals surface area contributed by atoms with Crippen LogP contribution < -0.4 is 5.01 Å². The molecule has 1 aliphatic rings. The molecule has 0 saturated heterocycles. The van der Waals surface area contributed by atoms with Gasteiger partial charge in [0.15, 0.2) is 0 Å². The lowest BCUT2D eigenvalue weighted by molar-refractivity contribution is -0.114. The number of benzene rings is 1. The Bertz CT molecular complexity index is 772. The van der Waals surface area contributed by atoms with Gasteiger partial charge in [-0.2, -0.15) is 10.1 Å². The van der Waals surface area contributed by atoms with E-state index in [1.807, 2.05) is 43.3 Å². The minimum Gasteiger partial charge on any atom is -0.465 e. The van der Waals surface area contributed by atoms with Crippen LogP contribution in [0.2, 0.25) is 0 Å². The van der Waals surface area contributed by atoms with E-state index in [0.717, 1.165) is 15.0 Å². The number of allylic oxidation sites excluding steroid dienone is 2. The van der Waals surface area contributed by atoms with E-state index in [1.54, 1.807) is 24.5 Å². The first-order valence-electron chi connectivity index (χ1n) is 6.72. The minimum absolute atomic E-state index is 0.122.